The lowest BCUT2D eigenvalue weighted by Crippen LogP contribution is -2.19. The fourth-order valence-electron chi connectivity index (χ4n) is 2.01. The second-order valence-corrected chi connectivity index (χ2v) is 4.92. The van der Waals surface area contributed by atoms with Crippen LogP contribution in [0.4, 0.5) is 4.39 Å². The van der Waals surface area contributed by atoms with Gasteiger partial charge in [-0.1, -0.05) is 15.9 Å². The zero-order chi connectivity index (χ0) is 13.8. The van der Waals surface area contributed by atoms with Gasteiger partial charge in [-0.2, -0.15) is 0 Å². The molecule has 0 radical (unpaired) electrons. The molecule has 2 rings (SSSR count). The molecule has 3 nitrogen and oxygen atoms in total. The molecule has 5 heteroatoms. The molecule has 0 bridgehead atoms. The second-order valence-electron chi connectivity index (χ2n) is 4.01. The Bertz CT molecular complexity index is 577. The molecular formula is C14H14BrFN2O. The number of nitrogens with one attached hydrogen (secondary N) is 1. The summed E-state index contributed by atoms with van der Waals surface area (Å²) in [6.07, 6.45) is 3.29. The van der Waals surface area contributed by atoms with Gasteiger partial charge in [0.1, 0.15) is 11.6 Å². The van der Waals surface area contributed by atoms with Crippen molar-refractivity contribution in [2.75, 3.05) is 14.2 Å². The van der Waals surface area contributed by atoms with E-state index < -0.39 is 0 Å². The fourth-order valence-corrected chi connectivity index (χ4v) is 2.39. The van der Waals surface area contributed by atoms with Crippen LogP contribution in [0.25, 0.3) is 0 Å². The molecule has 100 valence electrons. The Hall–Kier alpha value is -1.46. The number of ether oxygens (including phenoxy) is 1. The Kier molecular flexibility index (Phi) is 4.50. The maximum Gasteiger partial charge on any atom is 0.142 e. The molecule has 1 aromatic carbocycles. The minimum atomic E-state index is -0.296. The third-order valence-corrected chi connectivity index (χ3v) is 3.40. The summed E-state index contributed by atoms with van der Waals surface area (Å²) >= 11 is 3.36. The van der Waals surface area contributed by atoms with Crippen LogP contribution in [0.1, 0.15) is 17.2 Å². The summed E-state index contributed by atoms with van der Waals surface area (Å²) in [6, 6.07) is 6.40. The first-order chi connectivity index (χ1) is 9.17. The van der Waals surface area contributed by atoms with Gasteiger partial charge in [-0.15, -0.1) is 0 Å². The highest BCUT2D eigenvalue weighted by Gasteiger charge is 2.20. The Morgan fingerprint density at radius 1 is 1.32 bits per heavy atom. The Morgan fingerprint density at radius 2 is 2.11 bits per heavy atom. The van der Waals surface area contributed by atoms with Gasteiger partial charge in [-0.3, -0.25) is 4.98 Å². The minimum Gasteiger partial charge on any atom is -0.495 e. The van der Waals surface area contributed by atoms with E-state index in [2.05, 4.69) is 26.2 Å². The molecule has 1 aromatic heterocycles. The lowest BCUT2D eigenvalue weighted by Gasteiger charge is -2.20. The van der Waals surface area contributed by atoms with Crippen LogP contribution >= 0.6 is 15.9 Å². The van der Waals surface area contributed by atoms with E-state index >= 15 is 0 Å². The van der Waals surface area contributed by atoms with E-state index in [4.69, 9.17) is 4.74 Å². The van der Waals surface area contributed by atoms with Gasteiger partial charge in [0.25, 0.3) is 0 Å². The molecule has 1 heterocycles. The van der Waals surface area contributed by atoms with Crippen LogP contribution in [0, 0.1) is 5.82 Å². The summed E-state index contributed by atoms with van der Waals surface area (Å²) in [5.41, 5.74) is 1.40. The van der Waals surface area contributed by atoms with Crippen molar-refractivity contribution < 1.29 is 9.13 Å². The van der Waals surface area contributed by atoms with Crippen molar-refractivity contribution in [1.29, 1.82) is 0 Å². The van der Waals surface area contributed by atoms with Crippen molar-refractivity contribution in [1.82, 2.24) is 10.3 Å². The zero-order valence-corrected chi connectivity index (χ0v) is 12.2. The van der Waals surface area contributed by atoms with Crippen LogP contribution < -0.4 is 10.1 Å². The number of methoxy groups -OCH3 is 1. The Balaban J connectivity index is 2.53. The number of rotatable bonds is 4. The van der Waals surface area contributed by atoms with Gasteiger partial charge in [-0.25, -0.2) is 4.39 Å². The predicted octanol–water partition coefficient (Wildman–Crippen LogP) is 3.30. The first-order valence-electron chi connectivity index (χ1n) is 5.77. The van der Waals surface area contributed by atoms with Crippen LogP contribution in [-0.2, 0) is 0 Å². The molecule has 0 saturated heterocycles. The highest BCUT2D eigenvalue weighted by Crippen LogP contribution is 2.31. The van der Waals surface area contributed by atoms with Crippen molar-refractivity contribution in [3.8, 4) is 5.75 Å². The van der Waals surface area contributed by atoms with Gasteiger partial charge in [0.2, 0.25) is 0 Å². The summed E-state index contributed by atoms with van der Waals surface area (Å²) < 4.78 is 20.1. The quantitative estimate of drug-likeness (QED) is 0.937. The largest absolute Gasteiger partial charge is 0.495 e. The minimum absolute atomic E-state index is 0.263. The van der Waals surface area contributed by atoms with E-state index in [1.54, 1.807) is 38.7 Å². The number of benzene rings is 1. The van der Waals surface area contributed by atoms with E-state index in [9.17, 15) is 4.39 Å². The number of nitrogens with zero attached hydrogens (tertiary/aromatic N) is 1. The highest BCUT2D eigenvalue weighted by molar-refractivity contribution is 9.10. The third kappa shape index (κ3) is 2.93. The molecule has 0 saturated carbocycles. The maximum atomic E-state index is 14.0. The standard InChI is InChI=1S/C14H14BrFN2O/c1-17-14(10-5-6-18-8-13(10)19-2)11-7-9(15)3-4-12(11)16/h3-8,14,17H,1-2H3. The monoisotopic (exact) mass is 324 g/mol. The normalized spacial score (nSPS) is 12.2. The van der Waals surface area contributed by atoms with Crippen LogP contribution in [0.2, 0.25) is 0 Å². The van der Waals surface area contributed by atoms with Crippen molar-refractivity contribution in [2.45, 2.75) is 6.04 Å². The van der Waals surface area contributed by atoms with E-state index in [0.717, 1.165) is 10.0 Å². The van der Waals surface area contributed by atoms with E-state index in [1.165, 1.54) is 6.07 Å². The van der Waals surface area contributed by atoms with E-state index in [0.29, 0.717) is 11.3 Å². The predicted molar refractivity (Wildman–Crippen MR) is 75.8 cm³/mol. The SMILES string of the molecule is CNC(c1cc(Br)ccc1F)c1ccncc1OC. The molecule has 0 amide bonds. The number of aromatic nitrogens is 1. The summed E-state index contributed by atoms with van der Waals surface area (Å²) in [7, 11) is 3.36. The maximum absolute atomic E-state index is 14.0. The van der Waals surface area contributed by atoms with Crippen LogP contribution in [0.15, 0.2) is 41.1 Å². The molecular weight excluding hydrogens is 311 g/mol. The van der Waals surface area contributed by atoms with Gasteiger partial charge < -0.3 is 10.1 Å². The third-order valence-electron chi connectivity index (χ3n) is 2.91. The number of pyridine rings is 1. The molecule has 0 fully saturated rings. The van der Waals surface area contributed by atoms with Crippen molar-refractivity contribution in [3.63, 3.8) is 0 Å². The molecule has 0 aliphatic rings. The summed E-state index contributed by atoms with van der Waals surface area (Å²) in [4.78, 5) is 4.01. The number of hydrogen-bond donors (Lipinski definition) is 1. The molecule has 1 N–H and O–H groups in total. The molecule has 0 aliphatic carbocycles. The molecule has 1 unspecified atom stereocenters. The Labute approximate surface area is 119 Å². The summed E-state index contributed by atoms with van der Waals surface area (Å²) in [5.74, 6) is 0.364. The van der Waals surface area contributed by atoms with Gasteiger partial charge in [0.05, 0.1) is 19.3 Å². The number of halogens is 2. The summed E-state index contributed by atoms with van der Waals surface area (Å²) in [6.45, 7) is 0. The van der Waals surface area contributed by atoms with Crippen molar-refractivity contribution in [3.05, 3.63) is 58.1 Å². The lowest BCUT2D eigenvalue weighted by atomic mass is 9.98. The topological polar surface area (TPSA) is 34.2 Å². The molecule has 0 spiro atoms. The lowest BCUT2D eigenvalue weighted by molar-refractivity contribution is 0.402. The smallest absolute Gasteiger partial charge is 0.142 e. The van der Waals surface area contributed by atoms with Gasteiger partial charge in [0.15, 0.2) is 0 Å². The van der Waals surface area contributed by atoms with Crippen LogP contribution in [0.3, 0.4) is 0 Å². The zero-order valence-electron chi connectivity index (χ0n) is 10.7. The van der Waals surface area contributed by atoms with Crippen LogP contribution in [-0.4, -0.2) is 19.1 Å². The molecule has 1 atom stereocenters. The van der Waals surface area contributed by atoms with Crippen molar-refractivity contribution >= 4 is 15.9 Å². The fraction of sp³-hybridized carbons (Fsp3) is 0.214. The Morgan fingerprint density at radius 3 is 2.79 bits per heavy atom. The van der Waals surface area contributed by atoms with Gasteiger partial charge in [-0.05, 0) is 31.3 Å². The second kappa shape index (κ2) is 6.12. The molecule has 19 heavy (non-hydrogen) atoms. The van der Waals surface area contributed by atoms with E-state index in [1.807, 2.05) is 6.07 Å². The number of hydrogen-bond acceptors (Lipinski definition) is 3. The van der Waals surface area contributed by atoms with Crippen LogP contribution in [0.5, 0.6) is 5.75 Å². The average molecular weight is 325 g/mol. The molecule has 2 aromatic rings. The first-order valence-corrected chi connectivity index (χ1v) is 6.56. The highest BCUT2D eigenvalue weighted by atomic mass is 79.9. The van der Waals surface area contributed by atoms with Gasteiger partial charge in [0, 0.05) is 21.8 Å². The molecule has 0 aliphatic heterocycles. The first kappa shape index (κ1) is 14.0. The van der Waals surface area contributed by atoms with Gasteiger partial charge >= 0.3 is 0 Å². The van der Waals surface area contributed by atoms with E-state index in [-0.39, 0.29) is 11.9 Å². The van der Waals surface area contributed by atoms with Crippen molar-refractivity contribution in [2.24, 2.45) is 0 Å². The average Bonchev–Trinajstić information content (AvgIpc) is 2.44. The summed E-state index contributed by atoms with van der Waals surface area (Å²) in [5, 5.41) is 3.11.